The number of nitrogens with one attached hydrogen (secondary N) is 1. The van der Waals surface area contributed by atoms with Gasteiger partial charge in [0.1, 0.15) is 11.1 Å². The molecule has 2 aromatic heterocycles. The third-order valence-electron chi connectivity index (χ3n) is 3.69. The van der Waals surface area contributed by atoms with Gasteiger partial charge in [0.25, 0.3) is 0 Å². The van der Waals surface area contributed by atoms with E-state index in [-0.39, 0.29) is 12.0 Å². The van der Waals surface area contributed by atoms with E-state index < -0.39 is 0 Å². The van der Waals surface area contributed by atoms with Crippen LogP contribution in [0.5, 0.6) is 0 Å². The fourth-order valence-electron chi connectivity index (χ4n) is 2.48. The molecule has 3 rings (SSSR count). The first kappa shape index (κ1) is 15.2. The molecule has 0 saturated carbocycles. The second-order valence-corrected chi connectivity index (χ2v) is 5.63. The van der Waals surface area contributed by atoms with E-state index in [0.29, 0.717) is 16.5 Å². The number of halogens is 1. The Labute approximate surface area is 138 Å². The summed E-state index contributed by atoms with van der Waals surface area (Å²) < 4.78 is 0. The van der Waals surface area contributed by atoms with Crippen molar-refractivity contribution in [2.75, 3.05) is 29.0 Å². The molecule has 0 unspecified atom stereocenters. The summed E-state index contributed by atoms with van der Waals surface area (Å²) in [6.45, 7) is 1.66. The van der Waals surface area contributed by atoms with Crippen molar-refractivity contribution in [3.05, 3.63) is 29.0 Å². The van der Waals surface area contributed by atoms with Gasteiger partial charge in [0.15, 0.2) is 17.3 Å². The molecule has 118 valence electrons. The van der Waals surface area contributed by atoms with Crippen molar-refractivity contribution in [1.82, 2.24) is 20.2 Å². The van der Waals surface area contributed by atoms with E-state index in [2.05, 4.69) is 30.4 Å². The van der Waals surface area contributed by atoms with Gasteiger partial charge in [-0.25, -0.2) is 4.98 Å². The molecule has 0 amide bonds. The lowest BCUT2D eigenvalue weighted by atomic mass is 10.1. The lowest BCUT2D eigenvalue weighted by Gasteiger charge is -2.33. The molecule has 0 aliphatic carbocycles. The van der Waals surface area contributed by atoms with Crippen LogP contribution in [0.15, 0.2) is 18.3 Å². The molecule has 0 atom stereocenters. The van der Waals surface area contributed by atoms with Gasteiger partial charge in [-0.2, -0.15) is 10.2 Å². The van der Waals surface area contributed by atoms with Gasteiger partial charge >= 0.3 is 0 Å². The summed E-state index contributed by atoms with van der Waals surface area (Å²) in [6.07, 6.45) is 3.30. The summed E-state index contributed by atoms with van der Waals surface area (Å²) in [4.78, 5) is 10.1. The van der Waals surface area contributed by atoms with Crippen LogP contribution in [-0.2, 0) is 0 Å². The SMILES string of the molecule is N#Cc1ccc(N2CCC(Nc3nc(N)ncc3Cl)CC2)nn1. The molecule has 0 spiro atoms. The van der Waals surface area contributed by atoms with Gasteiger partial charge in [-0.15, -0.1) is 10.2 Å². The highest BCUT2D eigenvalue weighted by atomic mass is 35.5. The third kappa shape index (κ3) is 3.57. The normalized spacial score (nSPS) is 15.2. The van der Waals surface area contributed by atoms with E-state index in [4.69, 9.17) is 22.6 Å². The number of rotatable bonds is 3. The first-order valence-corrected chi connectivity index (χ1v) is 7.57. The van der Waals surface area contributed by atoms with Crippen LogP contribution in [0.3, 0.4) is 0 Å². The number of nitrogen functional groups attached to an aromatic ring is 1. The molecule has 3 heterocycles. The first-order valence-electron chi connectivity index (χ1n) is 7.19. The number of hydrogen-bond donors (Lipinski definition) is 2. The molecule has 9 heteroatoms. The Bertz CT molecular complexity index is 719. The second-order valence-electron chi connectivity index (χ2n) is 5.22. The first-order chi connectivity index (χ1) is 11.2. The predicted octanol–water partition coefficient (Wildman–Crippen LogP) is 1.45. The molecule has 0 bridgehead atoms. The van der Waals surface area contributed by atoms with Crippen molar-refractivity contribution in [3.8, 4) is 6.07 Å². The van der Waals surface area contributed by atoms with Crippen molar-refractivity contribution in [2.45, 2.75) is 18.9 Å². The van der Waals surface area contributed by atoms with E-state index in [1.54, 1.807) is 6.07 Å². The van der Waals surface area contributed by atoms with Crippen LogP contribution in [0, 0.1) is 11.3 Å². The lowest BCUT2D eigenvalue weighted by molar-refractivity contribution is 0.521. The standard InChI is InChI=1S/C14H15ClN8/c15-11-8-18-14(17)20-13(11)19-9-3-5-23(6-4-9)12-2-1-10(7-16)21-22-12/h1-2,8-9H,3-6H2,(H3,17,18,19,20). The molecule has 1 saturated heterocycles. The van der Waals surface area contributed by atoms with Crippen LogP contribution in [0.2, 0.25) is 5.02 Å². The fraction of sp³-hybridized carbons (Fsp3) is 0.357. The van der Waals surface area contributed by atoms with Gasteiger partial charge in [-0.1, -0.05) is 11.6 Å². The Hall–Kier alpha value is -2.66. The van der Waals surface area contributed by atoms with Crippen molar-refractivity contribution < 1.29 is 0 Å². The summed E-state index contributed by atoms with van der Waals surface area (Å²) in [5.41, 5.74) is 5.91. The molecule has 0 aromatic carbocycles. The third-order valence-corrected chi connectivity index (χ3v) is 3.96. The Kier molecular flexibility index (Phi) is 4.39. The smallest absolute Gasteiger partial charge is 0.222 e. The lowest BCUT2D eigenvalue weighted by Crippen LogP contribution is -2.39. The molecule has 1 fully saturated rings. The average Bonchev–Trinajstić information content (AvgIpc) is 2.59. The van der Waals surface area contributed by atoms with Crippen LogP contribution in [0.4, 0.5) is 17.6 Å². The molecular formula is C14H15ClN8. The molecule has 2 aromatic rings. The quantitative estimate of drug-likeness (QED) is 0.868. The largest absolute Gasteiger partial charge is 0.368 e. The van der Waals surface area contributed by atoms with Gasteiger partial charge in [-0.3, -0.25) is 0 Å². The molecule has 3 N–H and O–H groups in total. The van der Waals surface area contributed by atoms with Crippen molar-refractivity contribution in [1.29, 1.82) is 5.26 Å². The Morgan fingerprint density at radius 2 is 2.09 bits per heavy atom. The maximum atomic E-state index is 8.75. The highest BCUT2D eigenvalue weighted by molar-refractivity contribution is 6.32. The molecule has 8 nitrogen and oxygen atoms in total. The topological polar surface area (TPSA) is 117 Å². The number of nitrogens with two attached hydrogens (primary N) is 1. The second kappa shape index (κ2) is 6.62. The van der Waals surface area contributed by atoms with E-state index in [1.807, 2.05) is 12.1 Å². The zero-order valence-corrected chi connectivity index (χ0v) is 13.0. The highest BCUT2D eigenvalue weighted by Crippen LogP contribution is 2.23. The van der Waals surface area contributed by atoms with E-state index in [9.17, 15) is 0 Å². The number of anilines is 3. The monoisotopic (exact) mass is 330 g/mol. The zero-order valence-electron chi connectivity index (χ0n) is 12.3. The number of nitrogens with zero attached hydrogens (tertiary/aromatic N) is 6. The van der Waals surface area contributed by atoms with Crippen LogP contribution in [0.25, 0.3) is 0 Å². The average molecular weight is 331 g/mol. The molecule has 1 aliphatic rings. The number of piperidine rings is 1. The van der Waals surface area contributed by atoms with Crippen LogP contribution < -0.4 is 16.0 Å². The minimum Gasteiger partial charge on any atom is -0.368 e. The Morgan fingerprint density at radius 3 is 2.74 bits per heavy atom. The van der Waals surface area contributed by atoms with Gasteiger partial charge in [0.05, 0.1) is 6.20 Å². The van der Waals surface area contributed by atoms with Crippen molar-refractivity contribution >= 4 is 29.2 Å². The van der Waals surface area contributed by atoms with Crippen molar-refractivity contribution in [3.63, 3.8) is 0 Å². The fourth-order valence-corrected chi connectivity index (χ4v) is 2.63. The van der Waals surface area contributed by atoms with E-state index in [0.717, 1.165) is 31.7 Å². The van der Waals surface area contributed by atoms with Crippen LogP contribution in [0.1, 0.15) is 18.5 Å². The summed E-state index contributed by atoms with van der Waals surface area (Å²) in [5.74, 6) is 1.55. The summed E-state index contributed by atoms with van der Waals surface area (Å²) >= 11 is 6.07. The van der Waals surface area contributed by atoms with Gasteiger partial charge in [0.2, 0.25) is 5.95 Å². The van der Waals surface area contributed by atoms with Crippen LogP contribution >= 0.6 is 11.6 Å². The summed E-state index contributed by atoms with van der Waals surface area (Å²) in [7, 11) is 0. The summed E-state index contributed by atoms with van der Waals surface area (Å²) in [5, 5.41) is 20.5. The minimum atomic E-state index is 0.196. The van der Waals surface area contributed by atoms with Gasteiger partial charge < -0.3 is 16.0 Å². The van der Waals surface area contributed by atoms with Gasteiger partial charge in [-0.05, 0) is 25.0 Å². The van der Waals surface area contributed by atoms with E-state index in [1.165, 1.54) is 6.20 Å². The number of aromatic nitrogens is 4. The van der Waals surface area contributed by atoms with Crippen LogP contribution in [-0.4, -0.2) is 39.3 Å². The Morgan fingerprint density at radius 1 is 1.30 bits per heavy atom. The Balaban J connectivity index is 1.59. The molecule has 1 aliphatic heterocycles. The molecular weight excluding hydrogens is 316 g/mol. The van der Waals surface area contributed by atoms with E-state index >= 15 is 0 Å². The predicted molar refractivity (Wildman–Crippen MR) is 87.1 cm³/mol. The zero-order chi connectivity index (χ0) is 16.2. The molecule has 23 heavy (non-hydrogen) atoms. The summed E-state index contributed by atoms with van der Waals surface area (Å²) in [6, 6.07) is 5.72. The maximum Gasteiger partial charge on any atom is 0.222 e. The van der Waals surface area contributed by atoms with Gasteiger partial charge in [0, 0.05) is 19.1 Å². The number of hydrogen-bond acceptors (Lipinski definition) is 8. The maximum absolute atomic E-state index is 8.75. The number of nitriles is 1. The minimum absolute atomic E-state index is 0.196. The highest BCUT2D eigenvalue weighted by Gasteiger charge is 2.21. The van der Waals surface area contributed by atoms with Crippen molar-refractivity contribution in [2.24, 2.45) is 0 Å². The molecule has 0 radical (unpaired) electrons.